The molecule has 0 fully saturated rings. The van der Waals surface area contributed by atoms with Crippen LogP contribution in [0.5, 0.6) is 0 Å². The Labute approximate surface area is 59.1 Å². The van der Waals surface area contributed by atoms with E-state index in [2.05, 4.69) is 34.7 Å². The van der Waals surface area contributed by atoms with Gasteiger partial charge in [0.15, 0.2) is 0 Å². The molecule has 0 amide bonds. The van der Waals surface area contributed by atoms with Crippen molar-refractivity contribution >= 4 is 12.6 Å². The highest BCUT2D eigenvalue weighted by Gasteiger charge is 1.80. The summed E-state index contributed by atoms with van der Waals surface area (Å²) >= 11 is 3.92. The number of aromatic amines is 1. The predicted octanol–water partition coefficient (Wildman–Crippen LogP) is 0.691. The lowest BCUT2D eigenvalue weighted by Crippen LogP contribution is -1.72. The Morgan fingerprint density at radius 3 is 3.22 bits per heavy atom. The van der Waals surface area contributed by atoms with Crippen LogP contribution < -0.4 is 0 Å². The highest BCUT2D eigenvalue weighted by molar-refractivity contribution is 7.80. The van der Waals surface area contributed by atoms with Crippen LogP contribution in [0.1, 0.15) is 5.69 Å². The van der Waals surface area contributed by atoms with E-state index in [4.69, 9.17) is 0 Å². The summed E-state index contributed by atoms with van der Waals surface area (Å²) in [6.07, 6.45) is 1.67. The van der Waals surface area contributed by atoms with E-state index in [0.717, 1.165) is 5.69 Å². The molecule has 1 heterocycles. The van der Waals surface area contributed by atoms with Crippen LogP contribution in [0.2, 0.25) is 0 Å². The molecule has 2 nitrogen and oxygen atoms in total. The monoisotopic (exact) mass is 138 g/mol. The summed E-state index contributed by atoms with van der Waals surface area (Å²) in [4.78, 5) is 0. The molecule has 0 aliphatic carbocycles. The second-order valence-corrected chi connectivity index (χ2v) is 1.75. The standard InChI is InChI=1S/C6H6N2S/c9-5-1-2-6-3-4-7-8-6/h3-4,9H,5H2,(H,7,8). The number of nitrogens with one attached hydrogen (secondary N) is 1. The second-order valence-electron chi connectivity index (χ2n) is 1.43. The lowest BCUT2D eigenvalue weighted by atomic mass is 10.4. The van der Waals surface area contributed by atoms with Crippen LogP contribution in [0.25, 0.3) is 0 Å². The van der Waals surface area contributed by atoms with Gasteiger partial charge in [0.05, 0.1) is 5.75 Å². The number of hydrogen-bond acceptors (Lipinski definition) is 2. The Kier molecular flexibility index (Phi) is 2.22. The third-order valence-corrected chi connectivity index (χ3v) is 0.961. The molecule has 0 saturated heterocycles. The average molecular weight is 138 g/mol. The van der Waals surface area contributed by atoms with Crippen LogP contribution in [0.3, 0.4) is 0 Å². The SMILES string of the molecule is SCC#Cc1ccn[nH]1. The van der Waals surface area contributed by atoms with Gasteiger partial charge in [0.1, 0.15) is 5.69 Å². The fourth-order valence-electron chi connectivity index (χ4n) is 0.460. The third-order valence-electron chi connectivity index (χ3n) is 0.803. The number of H-pyrrole nitrogens is 1. The predicted molar refractivity (Wildman–Crippen MR) is 39.3 cm³/mol. The molecule has 3 heteroatoms. The molecule has 0 radical (unpaired) electrons. The van der Waals surface area contributed by atoms with Crippen LogP contribution >= 0.6 is 12.6 Å². The average Bonchev–Trinajstić information content (AvgIpc) is 2.34. The minimum absolute atomic E-state index is 0.582. The number of rotatable bonds is 0. The van der Waals surface area contributed by atoms with Gasteiger partial charge in [-0.3, -0.25) is 5.10 Å². The molecule has 0 spiro atoms. The lowest BCUT2D eigenvalue weighted by molar-refractivity contribution is 1.08. The van der Waals surface area contributed by atoms with Crippen molar-refractivity contribution in [1.82, 2.24) is 10.2 Å². The molecule has 46 valence electrons. The summed E-state index contributed by atoms with van der Waals surface area (Å²) in [6.45, 7) is 0. The van der Waals surface area contributed by atoms with Gasteiger partial charge in [0.2, 0.25) is 0 Å². The van der Waals surface area contributed by atoms with Gasteiger partial charge in [0.25, 0.3) is 0 Å². The molecular formula is C6H6N2S. The summed E-state index contributed by atoms with van der Waals surface area (Å²) in [7, 11) is 0. The first-order chi connectivity index (χ1) is 4.43. The second kappa shape index (κ2) is 3.21. The maximum Gasteiger partial charge on any atom is 0.107 e. The minimum atomic E-state index is 0.582. The van der Waals surface area contributed by atoms with E-state index >= 15 is 0 Å². The molecule has 0 aliphatic rings. The summed E-state index contributed by atoms with van der Waals surface area (Å²) in [6, 6.07) is 1.82. The maximum atomic E-state index is 3.92. The molecule has 1 aromatic heterocycles. The van der Waals surface area contributed by atoms with Gasteiger partial charge >= 0.3 is 0 Å². The van der Waals surface area contributed by atoms with Crippen LogP contribution in [0, 0.1) is 11.8 Å². The first kappa shape index (κ1) is 6.24. The lowest BCUT2D eigenvalue weighted by Gasteiger charge is -1.73. The molecule has 0 atom stereocenters. The van der Waals surface area contributed by atoms with Gasteiger partial charge in [-0.25, -0.2) is 0 Å². The normalized spacial score (nSPS) is 8.11. The number of thiol groups is 1. The van der Waals surface area contributed by atoms with Gasteiger partial charge in [-0.1, -0.05) is 5.92 Å². The van der Waals surface area contributed by atoms with E-state index in [-0.39, 0.29) is 0 Å². The van der Waals surface area contributed by atoms with Crippen LogP contribution in [-0.2, 0) is 0 Å². The summed E-state index contributed by atoms with van der Waals surface area (Å²) in [5.74, 6) is 6.21. The van der Waals surface area contributed by atoms with Gasteiger partial charge in [-0.15, -0.1) is 0 Å². The zero-order chi connectivity index (χ0) is 6.53. The van der Waals surface area contributed by atoms with E-state index in [1.165, 1.54) is 0 Å². The van der Waals surface area contributed by atoms with Gasteiger partial charge in [-0.2, -0.15) is 17.7 Å². The summed E-state index contributed by atoms with van der Waals surface area (Å²) < 4.78 is 0. The highest BCUT2D eigenvalue weighted by Crippen LogP contribution is 1.85. The fourth-order valence-corrected chi connectivity index (χ4v) is 0.539. The molecule has 1 N–H and O–H groups in total. The van der Waals surface area contributed by atoms with Crippen molar-refractivity contribution in [3.8, 4) is 11.8 Å². The molecule has 1 aromatic rings. The zero-order valence-corrected chi connectivity index (χ0v) is 5.65. The van der Waals surface area contributed by atoms with E-state index in [1.54, 1.807) is 6.20 Å². The Balaban J connectivity index is 2.67. The van der Waals surface area contributed by atoms with Crippen molar-refractivity contribution < 1.29 is 0 Å². The molecule has 1 rings (SSSR count). The minimum Gasteiger partial charge on any atom is -0.270 e. The van der Waals surface area contributed by atoms with Crippen molar-refractivity contribution in [2.75, 3.05) is 5.75 Å². The largest absolute Gasteiger partial charge is 0.270 e. The number of aromatic nitrogens is 2. The van der Waals surface area contributed by atoms with Gasteiger partial charge in [-0.05, 0) is 12.0 Å². The molecular weight excluding hydrogens is 132 g/mol. The summed E-state index contributed by atoms with van der Waals surface area (Å²) in [5, 5.41) is 6.44. The summed E-state index contributed by atoms with van der Waals surface area (Å²) in [5.41, 5.74) is 0.837. The molecule has 9 heavy (non-hydrogen) atoms. The Morgan fingerprint density at radius 2 is 2.67 bits per heavy atom. The molecule has 0 aromatic carbocycles. The third kappa shape index (κ3) is 1.82. The van der Waals surface area contributed by atoms with Crippen LogP contribution in [-0.4, -0.2) is 16.0 Å². The van der Waals surface area contributed by atoms with Crippen molar-refractivity contribution in [3.63, 3.8) is 0 Å². The zero-order valence-electron chi connectivity index (χ0n) is 4.76. The van der Waals surface area contributed by atoms with E-state index in [0.29, 0.717) is 5.75 Å². The quantitative estimate of drug-likeness (QED) is 0.401. The van der Waals surface area contributed by atoms with E-state index in [9.17, 15) is 0 Å². The van der Waals surface area contributed by atoms with Crippen molar-refractivity contribution in [2.45, 2.75) is 0 Å². The molecule has 0 aliphatic heterocycles. The van der Waals surface area contributed by atoms with Crippen LogP contribution in [0.4, 0.5) is 0 Å². The van der Waals surface area contributed by atoms with E-state index < -0.39 is 0 Å². The highest BCUT2D eigenvalue weighted by atomic mass is 32.1. The molecule has 0 saturated carbocycles. The van der Waals surface area contributed by atoms with Gasteiger partial charge in [0, 0.05) is 6.20 Å². The smallest absolute Gasteiger partial charge is 0.107 e. The number of nitrogens with zero attached hydrogens (tertiary/aromatic N) is 1. The molecule has 0 bridgehead atoms. The van der Waals surface area contributed by atoms with Crippen LogP contribution in [0.15, 0.2) is 12.3 Å². The topological polar surface area (TPSA) is 28.7 Å². The molecule has 0 unspecified atom stereocenters. The van der Waals surface area contributed by atoms with E-state index in [1.807, 2.05) is 6.07 Å². The fraction of sp³-hybridized carbons (Fsp3) is 0.167. The van der Waals surface area contributed by atoms with Gasteiger partial charge < -0.3 is 0 Å². The first-order valence-corrected chi connectivity index (χ1v) is 3.16. The Bertz CT molecular complexity index is 217. The number of hydrogen-bond donors (Lipinski definition) is 2. The van der Waals surface area contributed by atoms with Crippen molar-refractivity contribution in [3.05, 3.63) is 18.0 Å². The Morgan fingerprint density at radius 1 is 1.78 bits per heavy atom. The first-order valence-electron chi connectivity index (χ1n) is 2.52. The van der Waals surface area contributed by atoms with Crippen molar-refractivity contribution in [1.29, 1.82) is 0 Å². The Hall–Kier alpha value is -0.880. The maximum absolute atomic E-state index is 3.92. The van der Waals surface area contributed by atoms with Crippen molar-refractivity contribution in [2.24, 2.45) is 0 Å².